The number of hydrogen-bond donors (Lipinski definition) is 2. The number of aromatic amines is 1. The molecule has 1 aromatic heterocycles. The third-order valence-electron chi connectivity index (χ3n) is 3.58. The SMILES string of the molecule is CC1CCC(Nc2nc[nH]c(=O)c2Cl)C1C. The molecule has 4 nitrogen and oxygen atoms in total. The Labute approximate surface area is 99.4 Å². The van der Waals surface area contributed by atoms with Gasteiger partial charge < -0.3 is 10.3 Å². The molecule has 1 aromatic rings. The smallest absolute Gasteiger partial charge is 0.271 e. The third-order valence-corrected chi connectivity index (χ3v) is 3.93. The van der Waals surface area contributed by atoms with Crippen molar-refractivity contribution in [3.05, 3.63) is 21.7 Å². The van der Waals surface area contributed by atoms with Crippen molar-refractivity contribution >= 4 is 17.4 Å². The molecular weight excluding hydrogens is 226 g/mol. The van der Waals surface area contributed by atoms with Crippen molar-refractivity contribution in [3.8, 4) is 0 Å². The van der Waals surface area contributed by atoms with Crippen LogP contribution < -0.4 is 10.9 Å². The minimum atomic E-state index is -0.294. The molecule has 88 valence electrons. The van der Waals surface area contributed by atoms with Gasteiger partial charge in [-0.1, -0.05) is 25.4 Å². The van der Waals surface area contributed by atoms with Crippen molar-refractivity contribution in [2.75, 3.05) is 5.32 Å². The van der Waals surface area contributed by atoms with Crippen molar-refractivity contribution in [1.29, 1.82) is 0 Å². The van der Waals surface area contributed by atoms with Crippen LogP contribution in [-0.4, -0.2) is 16.0 Å². The van der Waals surface area contributed by atoms with Crippen LogP contribution in [0, 0.1) is 11.8 Å². The predicted octanol–water partition coefficient (Wildman–Crippen LogP) is 2.27. The van der Waals surface area contributed by atoms with Crippen molar-refractivity contribution in [3.63, 3.8) is 0 Å². The number of halogens is 1. The van der Waals surface area contributed by atoms with E-state index in [1.165, 1.54) is 12.7 Å². The highest BCUT2D eigenvalue weighted by Gasteiger charge is 2.30. The van der Waals surface area contributed by atoms with Crippen molar-refractivity contribution in [2.45, 2.75) is 32.7 Å². The van der Waals surface area contributed by atoms with Crippen LogP contribution in [0.25, 0.3) is 0 Å². The lowest BCUT2D eigenvalue weighted by molar-refractivity contribution is 0.435. The normalized spacial score (nSPS) is 29.3. The minimum Gasteiger partial charge on any atom is -0.366 e. The largest absolute Gasteiger partial charge is 0.366 e. The molecule has 16 heavy (non-hydrogen) atoms. The van der Waals surface area contributed by atoms with Crippen molar-refractivity contribution in [1.82, 2.24) is 9.97 Å². The van der Waals surface area contributed by atoms with Crippen molar-refractivity contribution < 1.29 is 0 Å². The first-order valence-electron chi connectivity index (χ1n) is 5.59. The van der Waals surface area contributed by atoms with E-state index in [9.17, 15) is 4.79 Å². The molecule has 0 radical (unpaired) electrons. The summed E-state index contributed by atoms with van der Waals surface area (Å²) in [6.07, 6.45) is 3.69. The average Bonchev–Trinajstić information content (AvgIpc) is 2.57. The Morgan fingerprint density at radius 1 is 1.50 bits per heavy atom. The fourth-order valence-electron chi connectivity index (χ4n) is 2.23. The number of nitrogens with zero attached hydrogens (tertiary/aromatic N) is 1. The molecule has 1 aliphatic rings. The molecule has 5 heteroatoms. The Morgan fingerprint density at radius 2 is 2.25 bits per heavy atom. The fourth-order valence-corrected chi connectivity index (χ4v) is 2.39. The van der Waals surface area contributed by atoms with Crippen LogP contribution in [0.4, 0.5) is 5.82 Å². The van der Waals surface area contributed by atoms with E-state index in [-0.39, 0.29) is 10.6 Å². The Hall–Kier alpha value is -1.03. The Bertz CT molecular complexity index is 431. The maximum Gasteiger partial charge on any atom is 0.271 e. The molecule has 0 aromatic carbocycles. The molecule has 1 fully saturated rings. The lowest BCUT2D eigenvalue weighted by Gasteiger charge is -2.20. The summed E-state index contributed by atoms with van der Waals surface area (Å²) >= 11 is 5.89. The molecule has 1 saturated carbocycles. The van der Waals surface area contributed by atoms with Gasteiger partial charge in [0.1, 0.15) is 5.02 Å². The van der Waals surface area contributed by atoms with Gasteiger partial charge in [-0.25, -0.2) is 4.98 Å². The van der Waals surface area contributed by atoms with Crippen LogP contribution in [0.15, 0.2) is 11.1 Å². The van der Waals surface area contributed by atoms with E-state index in [1.54, 1.807) is 0 Å². The van der Waals surface area contributed by atoms with Gasteiger partial charge in [0.25, 0.3) is 5.56 Å². The first kappa shape index (κ1) is 11.5. The lowest BCUT2D eigenvalue weighted by Crippen LogP contribution is -2.26. The molecule has 0 spiro atoms. The number of hydrogen-bond acceptors (Lipinski definition) is 3. The summed E-state index contributed by atoms with van der Waals surface area (Å²) in [6, 6.07) is 0.363. The first-order valence-corrected chi connectivity index (χ1v) is 5.97. The predicted molar refractivity (Wildman–Crippen MR) is 64.8 cm³/mol. The molecule has 0 aliphatic heterocycles. The van der Waals surface area contributed by atoms with Gasteiger partial charge in [-0.2, -0.15) is 0 Å². The number of rotatable bonds is 2. The van der Waals surface area contributed by atoms with Crippen LogP contribution in [0.5, 0.6) is 0 Å². The summed E-state index contributed by atoms with van der Waals surface area (Å²) in [5.74, 6) is 1.78. The second-order valence-corrected chi connectivity index (χ2v) is 4.94. The fraction of sp³-hybridized carbons (Fsp3) is 0.636. The zero-order valence-corrected chi connectivity index (χ0v) is 10.2. The summed E-state index contributed by atoms with van der Waals surface area (Å²) in [5, 5.41) is 3.41. The molecule has 2 N–H and O–H groups in total. The molecule has 0 saturated heterocycles. The van der Waals surface area contributed by atoms with Gasteiger partial charge in [-0.3, -0.25) is 4.79 Å². The lowest BCUT2D eigenvalue weighted by atomic mass is 9.98. The number of nitrogens with one attached hydrogen (secondary N) is 2. The van der Waals surface area contributed by atoms with Gasteiger partial charge in [-0.05, 0) is 24.7 Å². The van der Waals surface area contributed by atoms with Crippen LogP contribution in [0.1, 0.15) is 26.7 Å². The van der Waals surface area contributed by atoms with Crippen LogP contribution in [-0.2, 0) is 0 Å². The second-order valence-electron chi connectivity index (χ2n) is 4.56. The number of aromatic nitrogens is 2. The highest BCUT2D eigenvalue weighted by atomic mass is 35.5. The van der Waals surface area contributed by atoms with Crippen LogP contribution >= 0.6 is 11.6 Å². The molecule has 0 amide bonds. The Morgan fingerprint density at radius 3 is 2.88 bits per heavy atom. The molecule has 1 heterocycles. The van der Waals surface area contributed by atoms with Gasteiger partial charge in [-0.15, -0.1) is 0 Å². The maximum atomic E-state index is 11.3. The average molecular weight is 242 g/mol. The second kappa shape index (κ2) is 4.45. The van der Waals surface area contributed by atoms with E-state index in [2.05, 4.69) is 29.1 Å². The summed E-state index contributed by atoms with van der Waals surface area (Å²) in [4.78, 5) is 17.8. The van der Waals surface area contributed by atoms with Gasteiger partial charge in [0.15, 0.2) is 5.82 Å². The molecule has 3 unspecified atom stereocenters. The van der Waals surface area contributed by atoms with E-state index in [0.29, 0.717) is 23.7 Å². The Kier molecular flexibility index (Phi) is 3.19. The van der Waals surface area contributed by atoms with E-state index < -0.39 is 0 Å². The molecule has 1 aliphatic carbocycles. The van der Waals surface area contributed by atoms with Crippen LogP contribution in [0.3, 0.4) is 0 Å². The highest BCUT2D eigenvalue weighted by molar-refractivity contribution is 6.32. The Balaban J connectivity index is 2.16. The quantitative estimate of drug-likeness (QED) is 0.835. The zero-order chi connectivity index (χ0) is 11.7. The minimum absolute atomic E-state index is 0.147. The molecule has 3 atom stereocenters. The van der Waals surface area contributed by atoms with Gasteiger partial charge in [0, 0.05) is 6.04 Å². The summed E-state index contributed by atoms with van der Waals surface area (Å²) < 4.78 is 0. The molecule has 2 rings (SSSR count). The van der Waals surface area contributed by atoms with Gasteiger partial charge >= 0.3 is 0 Å². The van der Waals surface area contributed by atoms with E-state index >= 15 is 0 Å². The van der Waals surface area contributed by atoms with Gasteiger partial charge in [0.05, 0.1) is 6.33 Å². The summed E-state index contributed by atoms with van der Waals surface area (Å²) in [7, 11) is 0. The van der Waals surface area contributed by atoms with E-state index in [1.807, 2.05) is 0 Å². The first-order chi connectivity index (χ1) is 7.59. The summed E-state index contributed by atoms with van der Waals surface area (Å²) in [6.45, 7) is 4.47. The number of anilines is 1. The molecular formula is C11H16ClN3O. The molecule has 0 bridgehead atoms. The highest BCUT2D eigenvalue weighted by Crippen LogP contribution is 2.33. The zero-order valence-electron chi connectivity index (χ0n) is 9.46. The topological polar surface area (TPSA) is 57.8 Å². The standard InChI is InChI=1S/C11H16ClN3O/c1-6-3-4-8(7(6)2)15-10-9(12)11(16)14-5-13-10/h5-8H,3-4H2,1-2H3,(H2,13,14,15,16). The van der Waals surface area contributed by atoms with E-state index in [0.717, 1.165) is 6.42 Å². The maximum absolute atomic E-state index is 11.3. The third kappa shape index (κ3) is 2.07. The summed E-state index contributed by atoms with van der Waals surface area (Å²) in [5.41, 5.74) is -0.294. The number of H-pyrrole nitrogens is 1. The van der Waals surface area contributed by atoms with Crippen molar-refractivity contribution in [2.24, 2.45) is 11.8 Å². The van der Waals surface area contributed by atoms with Crippen LogP contribution in [0.2, 0.25) is 5.02 Å². The monoisotopic (exact) mass is 241 g/mol. The van der Waals surface area contributed by atoms with E-state index in [4.69, 9.17) is 11.6 Å². The van der Waals surface area contributed by atoms with Gasteiger partial charge in [0.2, 0.25) is 0 Å².